The topological polar surface area (TPSA) is 49.2 Å². The molecule has 2 aliphatic rings. The van der Waals surface area contributed by atoms with Crippen LogP contribution in [0.5, 0.6) is 0 Å². The van der Waals surface area contributed by atoms with Crippen molar-refractivity contribution in [2.24, 2.45) is 0 Å². The Bertz CT molecular complexity index is 1230. The van der Waals surface area contributed by atoms with Crippen molar-refractivity contribution in [3.63, 3.8) is 0 Å². The summed E-state index contributed by atoms with van der Waals surface area (Å²) in [5.74, 6) is 0.697. The van der Waals surface area contributed by atoms with Crippen molar-refractivity contribution < 1.29 is 13.2 Å². The number of halogens is 3. The quantitative estimate of drug-likeness (QED) is 0.513. The minimum Gasteiger partial charge on any atom is -0.367 e. The first-order chi connectivity index (χ1) is 17.2. The molecule has 0 bridgehead atoms. The molecule has 5 rings (SSSR count). The van der Waals surface area contributed by atoms with E-state index in [0.29, 0.717) is 18.8 Å². The van der Waals surface area contributed by atoms with E-state index >= 15 is 0 Å². The van der Waals surface area contributed by atoms with Gasteiger partial charge in [0, 0.05) is 73.9 Å². The lowest BCUT2D eigenvalue weighted by Crippen LogP contribution is -2.40. The van der Waals surface area contributed by atoms with Crippen LogP contribution >= 0.6 is 0 Å². The number of anilines is 1. The molecule has 0 aliphatic carbocycles. The summed E-state index contributed by atoms with van der Waals surface area (Å²) in [6.07, 6.45) is -0.210. The summed E-state index contributed by atoms with van der Waals surface area (Å²) in [6, 6.07) is 7.07. The Morgan fingerprint density at radius 3 is 2.56 bits per heavy atom. The maximum atomic E-state index is 12.9. The highest BCUT2D eigenvalue weighted by atomic mass is 19.4. The van der Waals surface area contributed by atoms with Gasteiger partial charge in [-0.15, -0.1) is 0 Å². The molecule has 9 heteroatoms. The molecule has 2 aliphatic heterocycles. The largest absolute Gasteiger partial charge is 0.401 e. The lowest BCUT2D eigenvalue weighted by atomic mass is 10.0. The SMILES string of the molecule is CCn1c(C)cc2c(C)c(CN3CCC(Nc4ncnc5c4CN(CC(F)(F)F)CC5)CC3)ccc21. The highest BCUT2D eigenvalue weighted by molar-refractivity contribution is 5.85. The number of nitrogens with one attached hydrogen (secondary N) is 1. The van der Waals surface area contributed by atoms with Crippen molar-refractivity contribution in [3.05, 3.63) is 52.6 Å². The summed E-state index contributed by atoms with van der Waals surface area (Å²) < 4.78 is 41.1. The Balaban J connectivity index is 1.21. The Labute approximate surface area is 210 Å². The Morgan fingerprint density at radius 1 is 1.06 bits per heavy atom. The summed E-state index contributed by atoms with van der Waals surface area (Å²) in [4.78, 5) is 12.7. The molecule has 0 saturated carbocycles. The highest BCUT2D eigenvalue weighted by Gasteiger charge is 2.33. The fraction of sp³-hybridized carbons (Fsp3) is 0.556. The lowest BCUT2D eigenvalue weighted by molar-refractivity contribution is -0.147. The molecular weight excluding hydrogens is 465 g/mol. The van der Waals surface area contributed by atoms with Crippen LogP contribution in [0.15, 0.2) is 24.5 Å². The number of aromatic nitrogens is 3. The van der Waals surface area contributed by atoms with Crippen molar-refractivity contribution >= 4 is 16.7 Å². The number of fused-ring (bicyclic) bond motifs is 2. The van der Waals surface area contributed by atoms with Crippen LogP contribution < -0.4 is 5.32 Å². The molecule has 3 aromatic rings. The zero-order valence-electron chi connectivity index (χ0n) is 21.3. The standard InChI is InChI=1S/C27H35F3N6/c1-4-36-18(2)13-22-19(3)20(5-6-25(22)36)14-34-10-7-21(8-11-34)33-26-23-15-35(16-27(28,29)30)12-9-24(23)31-17-32-26/h5-6,13,17,21H,4,7-12,14-16H2,1-3H3,(H,31,32,33). The molecule has 1 fully saturated rings. The maximum absolute atomic E-state index is 12.9. The fourth-order valence-corrected chi connectivity index (χ4v) is 5.82. The lowest BCUT2D eigenvalue weighted by Gasteiger charge is -2.34. The molecular formula is C27H35F3N6. The van der Waals surface area contributed by atoms with Gasteiger partial charge in [0.1, 0.15) is 12.1 Å². The second-order valence-corrected chi connectivity index (χ2v) is 10.2. The van der Waals surface area contributed by atoms with E-state index < -0.39 is 12.7 Å². The van der Waals surface area contributed by atoms with E-state index in [4.69, 9.17) is 0 Å². The number of aryl methyl sites for hydroxylation is 3. The van der Waals surface area contributed by atoms with Gasteiger partial charge in [0.05, 0.1) is 12.2 Å². The Kier molecular flexibility index (Phi) is 6.96. The van der Waals surface area contributed by atoms with E-state index in [1.807, 2.05) is 0 Å². The van der Waals surface area contributed by atoms with Gasteiger partial charge in [0.2, 0.25) is 0 Å². The van der Waals surface area contributed by atoms with Crippen molar-refractivity contribution in [2.45, 2.75) is 71.9 Å². The average Bonchev–Trinajstić information content (AvgIpc) is 3.17. The van der Waals surface area contributed by atoms with Gasteiger partial charge in [-0.05, 0) is 56.9 Å². The van der Waals surface area contributed by atoms with Crippen LogP contribution in [0.25, 0.3) is 10.9 Å². The molecule has 0 radical (unpaired) electrons. The van der Waals surface area contributed by atoms with Gasteiger partial charge < -0.3 is 9.88 Å². The first-order valence-corrected chi connectivity index (χ1v) is 12.9. The van der Waals surface area contributed by atoms with Crippen LogP contribution in [0.2, 0.25) is 0 Å². The first kappa shape index (κ1) is 25.0. The summed E-state index contributed by atoms with van der Waals surface area (Å²) in [5.41, 5.74) is 7.01. The molecule has 1 saturated heterocycles. The predicted molar refractivity (Wildman–Crippen MR) is 136 cm³/mol. The number of hydrogen-bond donors (Lipinski definition) is 1. The average molecular weight is 501 g/mol. The van der Waals surface area contributed by atoms with Crippen molar-refractivity contribution in [1.82, 2.24) is 24.3 Å². The molecule has 2 aromatic heterocycles. The number of alkyl halides is 3. The molecule has 1 aromatic carbocycles. The van der Waals surface area contributed by atoms with Gasteiger partial charge in [0.25, 0.3) is 0 Å². The minimum atomic E-state index is -4.20. The second-order valence-electron chi connectivity index (χ2n) is 10.2. The van der Waals surface area contributed by atoms with Gasteiger partial charge in [-0.3, -0.25) is 9.80 Å². The van der Waals surface area contributed by atoms with Crippen LogP contribution in [0.4, 0.5) is 19.0 Å². The van der Waals surface area contributed by atoms with Gasteiger partial charge in [-0.25, -0.2) is 9.97 Å². The summed E-state index contributed by atoms with van der Waals surface area (Å²) in [7, 11) is 0. The summed E-state index contributed by atoms with van der Waals surface area (Å²) in [6.45, 7) is 10.1. The van der Waals surface area contributed by atoms with Crippen LogP contribution in [-0.2, 0) is 26.1 Å². The molecule has 0 atom stereocenters. The van der Waals surface area contributed by atoms with E-state index in [-0.39, 0.29) is 12.6 Å². The van der Waals surface area contributed by atoms with Crippen molar-refractivity contribution in [3.8, 4) is 0 Å². The molecule has 36 heavy (non-hydrogen) atoms. The van der Waals surface area contributed by atoms with Crippen molar-refractivity contribution in [2.75, 3.05) is 31.5 Å². The van der Waals surface area contributed by atoms with E-state index in [0.717, 1.165) is 50.3 Å². The van der Waals surface area contributed by atoms with Crippen molar-refractivity contribution in [1.29, 1.82) is 0 Å². The molecule has 4 heterocycles. The van der Waals surface area contributed by atoms with E-state index in [2.05, 4.69) is 63.7 Å². The zero-order chi connectivity index (χ0) is 25.4. The number of rotatable bonds is 6. The highest BCUT2D eigenvalue weighted by Crippen LogP contribution is 2.29. The number of nitrogens with zero attached hydrogens (tertiary/aromatic N) is 5. The first-order valence-electron chi connectivity index (χ1n) is 12.9. The summed E-state index contributed by atoms with van der Waals surface area (Å²) >= 11 is 0. The Hall–Kier alpha value is -2.65. The van der Waals surface area contributed by atoms with Crippen LogP contribution in [0, 0.1) is 13.8 Å². The van der Waals surface area contributed by atoms with Gasteiger partial charge in [-0.2, -0.15) is 13.2 Å². The molecule has 0 unspecified atom stereocenters. The van der Waals surface area contributed by atoms with Crippen LogP contribution in [-0.4, -0.2) is 62.7 Å². The number of piperidine rings is 1. The van der Waals surface area contributed by atoms with E-state index in [1.165, 1.54) is 39.0 Å². The smallest absolute Gasteiger partial charge is 0.367 e. The third-order valence-corrected chi connectivity index (χ3v) is 7.80. The third-order valence-electron chi connectivity index (χ3n) is 7.80. The van der Waals surface area contributed by atoms with E-state index in [1.54, 1.807) is 0 Å². The van der Waals surface area contributed by atoms with Crippen LogP contribution in [0.3, 0.4) is 0 Å². The van der Waals surface area contributed by atoms with E-state index in [9.17, 15) is 13.2 Å². The minimum absolute atomic E-state index is 0.234. The monoisotopic (exact) mass is 500 g/mol. The normalized spacial score (nSPS) is 18.1. The molecule has 0 amide bonds. The molecule has 6 nitrogen and oxygen atoms in total. The van der Waals surface area contributed by atoms with Crippen LogP contribution in [0.1, 0.15) is 47.8 Å². The number of benzene rings is 1. The zero-order valence-corrected chi connectivity index (χ0v) is 21.3. The molecule has 194 valence electrons. The maximum Gasteiger partial charge on any atom is 0.401 e. The number of hydrogen-bond acceptors (Lipinski definition) is 5. The second kappa shape index (κ2) is 10.0. The van der Waals surface area contributed by atoms with Gasteiger partial charge in [-0.1, -0.05) is 6.07 Å². The molecule has 0 spiro atoms. The Morgan fingerprint density at radius 2 is 1.83 bits per heavy atom. The predicted octanol–water partition coefficient (Wildman–Crippen LogP) is 5.06. The van der Waals surface area contributed by atoms with Gasteiger partial charge >= 0.3 is 6.18 Å². The number of likely N-dealkylation sites (tertiary alicyclic amines) is 1. The van der Waals surface area contributed by atoms with Gasteiger partial charge in [0.15, 0.2) is 0 Å². The fourth-order valence-electron chi connectivity index (χ4n) is 5.82. The molecule has 1 N–H and O–H groups in total. The summed E-state index contributed by atoms with van der Waals surface area (Å²) in [5, 5.41) is 4.88. The third kappa shape index (κ3) is 5.22.